The fourth-order valence-corrected chi connectivity index (χ4v) is 1.60. The van der Waals surface area contributed by atoms with Crippen LogP contribution in [0.25, 0.3) is 0 Å². The van der Waals surface area contributed by atoms with Gasteiger partial charge in [-0.05, 0) is 24.5 Å². The Morgan fingerprint density at radius 1 is 1.57 bits per heavy atom. The fourth-order valence-electron chi connectivity index (χ4n) is 1.60. The molecule has 5 heteroatoms. The molecule has 1 aliphatic carbocycles. The van der Waals surface area contributed by atoms with Gasteiger partial charge in [0, 0.05) is 6.04 Å². The number of aromatic nitrogens is 4. The number of aryl methyl sites for hydroxylation is 1. The van der Waals surface area contributed by atoms with Crippen molar-refractivity contribution in [2.45, 2.75) is 38.8 Å². The Hall–Kier alpha value is -0.970. The van der Waals surface area contributed by atoms with E-state index in [4.69, 9.17) is 0 Å². The highest BCUT2D eigenvalue weighted by atomic mass is 15.6. The van der Waals surface area contributed by atoms with Gasteiger partial charge in [0.2, 0.25) is 0 Å². The van der Waals surface area contributed by atoms with Gasteiger partial charge in [-0.25, -0.2) is 0 Å². The second-order valence-corrected chi connectivity index (χ2v) is 4.16. The van der Waals surface area contributed by atoms with Gasteiger partial charge in [-0.15, -0.1) is 10.2 Å². The van der Waals surface area contributed by atoms with E-state index in [9.17, 15) is 0 Å². The summed E-state index contributed by atoms with van der Waals surface area (Å²) in [6.07, 6.45) is 4.10. The standard InChI is InChI=1S/C9H17N5/c1-7(5-8-3-4-8)10-6-9-11-13-14(2)12-9/h7-8,10H,3-6H2,1-2H3. The Kier molecular flexibility index (Phi) is 2.77. The zero-order chi connectivity index (χ0) is 9.97. The van der Waals surface area contributed by atoms with Crippen molar-refractivity contribution in [1.29, 1.82) is 0 Å². The maximum Gasteiger partial charge on any atom is 0.188 e. The molecule has 1 heterocycles. The van der Waals surface area contributed by atoms with E-state index >= 15 is 0 Å². The van der Waals surface area contributed by atoms with Crippen molar-refractivity contribution in [1.82, 2.24) is 25.5 Å². The second kappa shape index (κ2) is 4.04. The average molecular weight is 195 g/mol. The van der Waals surface area contributed by atoms with Crippen molar-refractivity contribution in [3.05, 3.63) is 5.82 Å². The zero-order valence-corrected chi connectivity index (χ0v) is 8.77. The number of nitrogens with zero attached hydrogens (tertiary/aromatic N) is 4. The monoisotopic (exact) mass is 195 g/mol. The number of nitrogens with one attached hydrogen (secondary N) is 1. The molecule has 1 N–H and O–H groups in total. The summed E-state index contributed by atoms with van der Waals surface area (Å²) in [7, 11) is 1.78. The van der Waals surface area contributed by atoms with Crippen molar-refractivity contribution in [2.75, 3.05) is 0 Å². The maximum absolute atomic E-state index is 4.11. The molecule has 1 aliphatic rings. The first-order valence-corrected chi connectivity index (χ1v) is 5.20. The normalized spacial score (nSPS) is 18.4. The minimum absolute atomic E-state index is 0.561. The third-order valence-corrected chi connectivity index (χ3v) is 2.54. The van der Waals surface area contributed by atoms with Gasteiger partial charge in [0.25, 0.3) is 0 Å². The minimum atomic E-state index is 0.561. The Balaban J connectivity index is 1.70. The molecule has 1 fully saturated rings. The molecule has 2 rings (SSSR count). The van der Waals surface area contributed by atoms with Crippen molar-refractivity contribution in [3.63, 3.8) is 0 Å². The Labute approximate surface area is 83.9 Å². The van der Waals surface area contributed by atoms with E-state index in [0.717, 1.165) is 18.3 Å². The van der Waals surface area contributed by atoms with Crippen LogP contribution in [0.15, 0.2) is 0 Å². The third kappa shape index (κ3) is 2.77. The van der Waals surface area contributed by atoms with E-state index in [1.807, 2.05) is 0 Å². The van der Waals surface area contributed by atoms with Crippen LogP contribution in [-0.4, -0.2) is 26.2 Å². The lowest BCUT2D eigenvalue weighted by Gasteiger charge is -2.10. The van der Waals surface area contributed by atoms with Crippen molar-refractivity contribution < 1.29 is 0 Å². The fraction of sp³-hybridized carbons (Fsp3) is 0.889. The van der Waals surface area contributed by atoms with Gasteiger partial charge >= 0.3 is 0 Å². The Bertz CT molecular complexity index is 291. The summed E-state index contributed by atoms with van der Waals surface area (Å²) < 4.78 is 0. The lowest BCUT2D eigenvalue weighted by Crippen LogP contribution is -2.26. The molecular weight excluding hydrogens is 178 g/mol. The molecule has 1 saturated carbocycles. The molecule has 0 aliphatic heterocycles. The molecular formula is C9H17N5. The summed E-state index contributed by atoms with van der Waals surface area (Å²) in [6, 6.07) is 0.561. The van der Waals surface area contributed by atoms with Crippen LogP contribution in [0.2, 0.25) is 0 Å². The molecule has 78 valence electrons. The summed E-state index contributed by atoms with van der Waals surface area (Å²) in [5.74, 6) is 1.74. The van der Waals surface area contributed by atoms with Crippen molar-refractivity contribution >= 4 is 0 Å². The lowest BCUT2D eigenvalue weighted by atomic mass is 10.1. The second-order valence-electron chi connectivity index (χ2n) is 4.16. The van der Waals surface area contributed by atoms with Crippen LogP contribution < -0.4 is 5.32 Å². The van der Waals surface area contributed by atoms with E-state index in [0.29, 0.717) is 6.04 Å². The summed E-state index contributed by atoms with van der Waals surface area (Å²) in [5.41, 5.74) is 0. The van der Waals surface area contributed by atoms with Gasteiger partial charge in [0.1, 0.15) is 0 Å². The third-order valence-electron chi connectivity index (χ3n) is 2.54. The van der Waals surface area contributed by atoms with Crippen LogP contribution in [-0.2, 0) is 13.6 Å². The molecule has 1 unspecified atom stereocenters. The van der Waals surface area contributed by atoms with Gasteiger partial charge in [0.15, 0.2) is 5.82 Å². The van der Waals surface area contributed by atoms with E-state index in [-0.39, 0.29) is 0 Å². The van der Waals surface area contributed by atoms with Gasteiger partial charge in [-0.1, -0.05) is 12.8 Å². The number of tetrazole rings is 1. The van der Waals surface area contributed by atoms with Crippen LogP contribution in [0.1, 0.15) is 32.0 Å². The first-order chi connectivity index (χ1) is 6.74. The van der Waals surface area contributed by atoms with E-state index < -0.39 is 0 Å². The molecule has 14 heavy (non-hydrogen) atoms. The summed E-state index contributed by atoms with van der Waals surface area (Å²) in [5, 5.41) is 15.2. The molecule has 5 nitrogen and oxygen atoms in total. The number of hydrogen-bond donors (Lipinski definition) is 1. The van der Waals surface area contributed by atoms with E-state index in [2.05, 4.69) is 27.7 Å². The first-order valence-electron chi connectivity index (χ1n) is 5.20. The van der Waals surface area contributed by atoms with Crippen LogP contribution in [0.4, 0.5) is 0 Å². The van der Waals surface area contributed by atoms with E-state index in [1.165, 1.54) is 24.1 Å². The quantitative estimate of drug-likeness (QED) is 0.743. The van der Waals surface area contributed by atoms with E-state index in [1.54, 1.807) is 7.05 Å². The molecule has 0 aromatic carbocycles. The molecule has 1 aromatic rings. The summed E-state index contributed by atoms with van der Waals surface area (Å²) in [6.45, 7) is 2.94. The predicted molar refractivity (Wildman–Crippen MR) is 52.4 cm³/mol. The Morgan fingerprint density at radius 3 is 2.93 bits per heavy atom. The highest BCUT2D eigenvalue weighted by Crippen LogP contribution is 2.33. The SMILES string of the molecule is CC(CC1CC1)NCc1nnn(C)n1. The van der Waals surface area contributed by atoms with Crippen LogP contribution in [0, 0.1) is 5.92 Å². The van der Waals surface area contributed by atoms with Crippen molar-refractivity contribution in [2.24, 2.45) is 13.0 Å². The molecule has 0 amide bonds. The molecule has 0 spiro atoms. The number of hydrogen-bond acceptors (Lipinski definition) is 4. The highest BCUT2D eigenvalue weighted by molar-refractivity contribution is 4.81. The van der Waals surface area contributed by atoms with Gasteiger partial charge in [-0.3, -0.25) is 0 Å². The van der Waals surface area contributed by atoms with Crippen molar-refractivity contribution in [3.8, 4) is 0 Å². The first kappa shape index (κ1) is 9.58. The van der Waals surface area contributed by atoms with Gasteiger partial charge in [0.05, 0.1) is 13.6 Å². The zero-order valence-electron chi connectivity index (χ0n) is 8.77. The minimum Gasteiger partial charge on any atom is -0.307 e. The average Bonchev–Trinajstić information content (AvgIpc) is 2.85. The topological polar surface area (TPSA) is 55.6 Å². The van der Waals surface area contributed by atoms with Gasteiger partial charge in [-0.2, -0.15) is 4.80 Å². The highest BCUT2D eigenvalue weighted by Gasteiger charge is 2.23. The van der Waals surface area contributed by atoms with Crippen LogP contribution in [0.5, 0.6) is 0 Å². The molecule has 1 aromatic heterocycles. The molecule has 0 bridgehead atoms. The Morgan fingerprint density at radius 2 is 2.36 bits per heavy atom. The smallest absolute Gasteiger partial charge is 0.188 e. The summed E-state index contributed by atoms with van der Waals surface area (Å²) in [4.78, 5) is 1.49. The largest absolute Gasteiger partial charge is 0.307 e. The summed E-state index contributed by atoms with van der Waals surface area (Å²) >= 11 is 0. The van der Waals surface area contributed by atoms with Crippen LogP contribution >= 0.6 is 0 Å². The molecule has 1 atom stereocenters. The predicted octanol–water partition coefficient (Wildman–Crippen LogP) is 0.488. The maximum atomic E-state index is 4.11. The molecule has 0 saturated heterocycles. The lowest BCUT2D eigenvalue weighted by molar-refractivity contribution is 0.479. The van der Waals surface area contributed by atoms with Gasteiger partial charge < -0.3 is 5.32 Å². The number of rotatable bonds is 5. The molecule has 0 radical (unpaired) electrons. The van der Waals surface area contributed by atoms with Crippen LogP contribution in [0.3, 0.4) is 0 Å².